The van der Waals surface area contributed by atoms with E-state index >= 15 is 0 Å². The number of likely N-dealkylation sites (N-methyl/N-ethyl adjacent to an activating group) is 1. The molecular weight excluding hydrogens is 228 g/mol. The molecule has 0 aromatic carbocycles. The zero-order valence-corrected chi connectivity index (χ0v) is 11.4. The van der Waals surface area contributed by atoms with Crippen LogP contribution in [0.3, 0.4) is 0 Å². The molecule has 100 valence electrons. The maximum absolute atomic E-state index is 5.59. The maximum Gasteiger partial charge on any atom is 0.144 e. The highest BCUT2D eigenvalue weighted by molar-refractivity contribution is 5.30. The van der Waals surface area contributed by atoms with Gasteiger partial charge in [-0.15, -0.1) is 0 Å². The van der Waals surface area contributed by atoms with E-state index < -0.39 is 0 Å². The summed E-state index contributed by atoms with van der Waals surface area (Å²) >= 11 is 0. The zero-order chi connectivity index (χ0) is 13.0. The van der Waals surface area contributed by atoms with Crippen LogP contribution in [0, 0.1) is 0 Å². The molecule has 0 amide bonds. The van der Waals surface area contributed by atoms with Gasteiger partial charge in [0.05, 0.1) is 24.2 Å². The standard InChI is InChI=1S/C13H22N4O/c1-4-14-13-8-15-11(7-16-13)9-17(3)12-5-6-18-10(12)2/h7-8,10,12H,4-6,9H2,1-3H3,(H,14,16). The molecule has 2 atom stereocenters. The second-order valence-electron chi connectivity index (χ2n) is 4.77. The second-order valence-corrected chi connectivity index (χ2v) is 4.77. The smallest absolute Gasteiger partial charge is 0.144 e. The number of hydrogen-bond donors (Lipinski definition) is 1. The number of rotatable bonds is 5. The number of nitrogens with zero attached hydrogens (tertiary/aromatic N) is 3. The molecule has 2 unspecified atom stereocenters. The molecule has 0 saturated carbocycles. The van der Waals surface area contributed by atoms with Crippen LogP contribution >= 0.6 is 0 Å². The van der Waals surface area contributed by atoms with Crippen molar-refractivity contribution >= 4 is 5.82 Å². The molecule has 1 aliphatic heterocycles. The quantitative estimate of drug-likeness (QED) is 0.858. The van der Waals surface area contributed by atoms with E-state index in [4.69, 9.17) is 4.74 Å². The van der Waals surface area contributed by atoms with Crippen LogP contribution in [0.1, 0.15) is 26.0 Å². The minimum absolute atomic E-state index is 0.309. The van der Waals surface area contributed by atoms with E-state index in [0.717, 1.165) is 37.6 Å². The van der Waals surface area contributed by atoms with Gasteiger partial charge in [0.15, 0.2) is 0 Å². The molecule has 0 radical (unpaired) electrons. The van der Waals surface area contributed by atoms with Crippen molar-refractivity contribution in [2.45, 2.75) is 39.0 Å². The summed E-state index contributed by atoms with van der Waals surface area (Å²) in [6.45, 7) is 6.73. The average molecular weight is 250 g/mol. The molecule has 1 aliphatic rings. The Bertz CT molecular complexity index is 368. The Morgan fingerprint density at radius 3 is 2.83 bits per heavy atom. The number of ether oxygens (including phenoxy) is 1. The molecule has 1 N–H and O–H groups in total. The van der Waals surface area contributed by atoms with Crippen molar-refractivity contribution in [2.24, 2.45) is 0 Å². The Balaban J connectivity index is 1.92. The minimum Gasteiger partial charge on any atom is -0.377 e. The van der Waals surface area contributed by atoms with Gasteiger partial charge in [-0.2, -0.15) is 0 Å². The Kier molecular flexibility index (Phi) is 4.49. The van der Waals surface area contributed by atoms with Crippen LogP contribution in [0.5, 0.6) is 0 Å². The van der Waals surface area contributed by atoms with Gasteiger partial charge in [0.2, 0.25) is 0 Å². The molecule has 1 aromatic heterocycles. The van der Waals surface area contributed by atoms with Crippen molar-refractivity contribution in [3.05, 3.63) is 18.1 Å². The molecule has 5 heteroatoms. The van der Waals surface area contributed by atoms with Crippen LogP contribution in [0.4, 0.5) is 5.82 Å². The highest BCUT2D eigenvalue weighted by Gasteiger charge is 2.27. The molecule has 0 aliphatic carbocycles. The SMILES string of the molecule is CCNc1cnc(CN(C)C2CCOC2C)cn1. The summed E-state index contributed by atoms with van der Waals surface area (Å²) in [5, 5.41) is 3.14. The van der Waals surface area contributed by atoms with Crippen molar-refractivity contribution in [3.63, 3.8) is 0 Å². The lowest BCUT2D eigenvalue weighted by Crippen LogP contribution is -2.36. The van der Waals surface area contributed by atoms with Crippen molar-refractivity contribution in [3.8, 4) is 0 Å². The van der Waals surface area contributed by atoms with Gasteiger partial charge in [0.25, 0.3) is 0 Å². The van der Waals surface area contributed by atoms with E-state index in [1.165, 1.54) is 0 Å². The molecule has 1 saturated heterocycles. The number of aromatic nitrogens is 2. The minimum atomic E-state index is 0.309. The van der Waals surface area contributed by atoms with Gasteiger partial charge in [0, 0.05) is 25.7 Å². The molecule has 18 heavy (non-hydrogen) atoms. The Morgan fingerprint density at radius 2 is 2.28 bits per heavy atom. The van der Waals surface area contributed by atoms with E-state index in [-0.39, 0.29) is 0 Å². The maximum atomic E-state index is 5.59. The third-order valence-corrected chi connectivity index (χ3v) is 3.38. The van der Waals surface area contributed by atoms with Gasteiger partial charge >= 0.3 is 0 Å². The predicted octanol–water partition coefficient (Wildman–Crippen LogP) is 1.52. The Morgan fingerprint density at radius 1 is 1.44 bits per heavy atom. The topological polar surface area (TPSA) is 50.3 Å². The second kappa shape index (κ2) is 6.11. The van der Waals surface area contributed by atoms with Crippen LogP contribution < -0.4 is 5.32 Å². The third kappa shape index (κ3) is 3.17. The largest absolute Gasteiger partial charge is 0.377 e. The van der Waals surface area contributed by atoms with Gasteiger partial charge < -0.3 is 10.1 Å². The summed E-state index contributed by atoms with van der Waals surface area (Å²) in [5.74, 6) is 0.835. The summed E-state index contributed by atoms with van der Waals surface area (Å²) in [4.78, 5) is 11.1. The fourth-order valence-corrected chi connectivity index (χ4v) is 2.38. The molecular formula is C13H22N4O. The monoisotopic (exact) mass is 250 g/mol. The summed E-state index contributed by atoms with van der Waals surface area (Å²) in [7, 11) is 2.12. The van der Waals surface area contributed by atoms with Crippen LogP contribution in [0.2, 0.25) is 0 Å². The highest BCUT2D eigenvalue weighted by atomic mass is 16.5. The molecule has 2 heterocycles. The van der Waals surface area contributed by atoms with Crippen molar-refractivity contribution < 1.29 is 4.74 Å². The number of hydrogen-bond acceptors (Lipinski definition) is 5. The van der Waals surface area contributed by atoms with Gasteiger partial charge in [0.1, 0.15) is 5.82 Å². The van der Waals surface area contributed by atoms with Crippen LogP contribution in [-0.4, -0.2) is 47.2 Å². The number of anilines is 1. The molecule has 5 nitrogen and oxygen atoms in total. The highest BCUT2D eigenvalue weighted by Crippen LogP contribution is 2.19. The fraction of sp³-hybridized carbons (Fsp3) is 0.692. The van der Waals surface area contributed by atoms with Crippen LogP contribution in [0.15, 0.2) is 12.4 Å². The summed E-state index contributed by atoms with van der Waals surface area (Å²) in [6.07, 6.45) is 5.04. The first-order chi connectivity index (χ1) is 8.70. The van der Waals surface area contributed by atoms with E-state index in [0.29, 0.717) is 12.1 Å². The Labute approximate surface area is 109 Å². The van der Waals surface area contributed by atoms with E-state index in [1.807, 2.05) is 13.1 Å². The lowest BCUT2D eigenvalue weighted by Gasteiger charge is -2.26. The molecule has 0 bridgehead atoms. The molecule has 1 fully saturated rings. The van der Waals surface area contributed by atoms with Gasteiger partial charge in [-0.25, -0.2) is 4.98 Å². The summed E-state index contributed by atoms with van der Waals surface area (Å²) < 4.78 is 5.59. The van der Waals surface area contributed by atoms with E-state index in [9.17, 15) is 0 Å². The predicted molar refractivity (Wildman–Crippen MR) is 71.5 cm³/mol. The van der Waals surface area contributed by atoms with Crippen LogP contribution in [-0.2, 0) is 11.3 Å². The van der Waals surface area contributed by atoms with E-state index in [1.54, 1.807) is 6.20 Å². The average Bonchev–Trinajstić information content (AvgIpc) is 2.78. The van der Waals surface area contributed by atoms with Crippen molar-refractivity contribution in [1.82, 2.24) is 14.9 Å². The van der Waals surface area contributed by atoms with Gasteiger partial charge in [-0.05, 0) is 27.3 Å². The third-order valence-electron chi connectivity index (χ3n) is 3.38. The molecule has 0 spiro atoms. The van der Waals surface area contributed by atoms with E-state index in [2.05, 4.69) is 34.2 Å². The lowest BCUT2D eigenvalue weighted by atomic mass is 10.1. The first-order valence-corrected chi connectivity index (χ1v) is 6.57. The number of nitrogens with one attached hydrogen (secondary N) is 1. The molecule has 2 rings (SSSR count). The summed E-state index contributed by atoms with van der Waals surface area (Å²) in [5.41, 5.74) is 0.998. The van der Waals surface area contributed by atoms with Crippen molar-refractivity contribution in [1.29, 1.82) is 0 Å². The normalized spacial score (nSPS) is 23.6. The molecule has 1 aromatic rings. The van der Waals surface area contributed by atoms with Gasteiger partial charge in [-0.1, -0.05) is 0 Å². The first kappa shape index (κ1) is 13.2. The summed E-state index contributed by atoms with van der Waals surface area (Å²) in [6, 6.07) is 0.486. The Hall–Kier alpha value is -1.20. The van der Waals surface area contributed by atoms with Crippen molar-refractivity contribution in [2.75, 3.05) is 25.5 Å². The lowest BCUT2D eigenvalue weighted by molar-refractivity contribution is 0.0810. The first-order valence-electron chi connectivity index (χ1n) is 6.57. The fourth-order valence-electron chi connectivity index (χ4n) is 2.38. The van der Waals surface area contributed by atoms with Crippen LogP contribution in [0.25, 0.3) is 0 Å². The zero-order valence-electron chi connectivity index (χ0n) is 11.4. The van der Waals surface area contributed by atoms with Gasteiger partial charge in [-0.3, -0.25) is 9.88 Å².